The van der Waals surface area contributed by atoms with Crippen molar-refractivity contribution in [3.8, 4) is 5.69 Å². The lowest BCUT2D eigenvalue weighted by Gasteiger charge is -2.44. The van der Waals surface area contributed by atoms with E-state index in [9.17, 15) is 22.4 Å². The number of halogens is 4. The smallest absolute Gasteiger partial charge is 0.382 e. The first kappa shape index (κ1) is 27.9. The Morgan fingerprint density at radius 3 is 2.35 bits per heavy atom. The Morgan fingerprint density at radius 2 is 1.70 bits per heavy atom. The molecule has 5 rings (SSSR count). The minimum absolute atomic E-state index is 0.256. The molecule has 2 aliphatic heterocycles. The van der Waals surface area contributed by atoms with E-state index in [0.717, 1.165) is 53.7 Å². The number of hydrogen-bond acceptors (Lipinski definition) is 6. The average molecular weight is 560 g/mol. The number of nitrogens with one attached hydrogen (secondary N) is 1. The summed E-state index contributed by atoms with van der Waals surface area (Å²) in [7, 11) is 0. The summed E-state index contributed by atoms with van der Waals surface area (Å²) < 4.78 is 54.1. The van der Waals surface area contributed by atoms with E-state index in [1.54, 1.807) is 36.9 Å². The molecule has 40 heavy (non-hydrogen) atoms. The first-order valence-electron chi connectivity index (χ1n) is 13.5. The second-order valence-electron chi connectivity index (χ2n) is 10.6. The van der Waals surface area contributed by atoms with E-state index in [-0.39, 0.29) is 11.9 Å². The van der Waals surface area contributed by atoms with E-state index in [1.807, 2.05) is 29.3 Å². The Bertz CT molecular complexity index is 1290. The molecule has 3 aromatic rings. The quantitative estimate of drug-likeness (QED) is 0.450. The van der Waals surface area contributed by atoms with E-state index in [4.69, 9.17) is 5.10 Å². The van der Waals surface area contributed by atoms with Crippen LogP contribution < -0.4 is 10.2 Å². The molecule has 0 bridgehead atoms. The number of nitrogens with zero attached hydrogens (tertiary/aromatic N) is 6. The summed E-state index contributed by atoms with van der Waals surface area (Å²) >= 11 is 0. The fourth-order valence-corrected chi connectivity index (χ4v) is 5.75. The van der Waals surface area contributed by atoms with Crippen LogP contribution in [0.2, 0.25) is 0 Å². The van der Waals surface area contributed by atoms with Gasteiger partial charge in [-0.05, 0) is 69.2 Å². The van der Waals surface area contributed by atoms with Gasteiger partial charge in [-0.2, -0.15) is 18.3 Å². The molecule has 0 aliphatic carbocycles. The highest BCUT2D eigenvalue weighted by Crippen LogP contribution is 2.28. The van der Waals surface area contributed by atoms with Gasteiger partial charge in [-0.25, -0.2) is 14.1 Å². The third-order valence-corrected chi connectivity index (χ3v) is 7.52. The molecule has 2 atom stereocenters. The topological polar surface area (TPSA) is 69.5 Å². The van der Waals surface area contributed by atoms with E-state index in [0.29, 0.717) is 19.6 Å². The summed E-state index contributed by atoms with van der Waals surface area (Å²) in [6.45, 7) is 6.01. The molecular weight excluding hydrogens is 526 g/mol. The largest absolute Gasteiger partial charge is 0.471 e. The lowest BCUT2D eigenvalue weighted by Crippen LogP contribution is -2.60. The Hall–Kier alpha value is -3.67. The standard InChI is InChI=1S/C28H33F4N7O/c1-19-16-36(17-20(2)39(19)27(40)28(30,31)32)18-24-11-15-38(35-24)25-4-3-12-33-26(25)37-13-9-23(10-14-37)34-22-7-5-21(29)6-8-22/h3-8,11-12,15,19-20,23,34H,9-10,13-14,16-18H2,1-2H3/t19-,20+. The molecule has 214 valence electrons. The van der Waals surface area contributed by atoms with Crippen molar-refractivity contribution in [3.63, 3.8) is 0 Å². The van der Waals surface area contributed by atoms with Gasteiger partial charge in [0, 0.05) is 68.9 Å². The molecule has 4 heterocycles. The van der Waals surface area contributed by atoms with Crippen molar-refractivity contribution in [3.05, 3.63) is 66.4 Å². The highest BCUT2D eigenvalue weighted by molar-refractivity contribution is 5.82. The number of piperidine rings is 1. The SMILES string of the molecule is C[C@@H]1CN(Cc2ccn(-c3cccnc3N3CCC(Nc4ccc(F)cc4)CC3)n2)C[C@H](C)N1C(=O)C(F)(F)F. The predicted octanol–water partition coefficient (Wildman–Crippen LogP) is 4.47. The highest BCUT2D eigenvalue weighted by Gasteiger charge is 2.47. The third kappa shape index (κ3) is 6.22. The van der Waals surface area contributed by atoms with E-state index in [2.05, 4.69) is 15.2 Å². The molecule has 0 radical (unpaired) electrons. The first-order chi connectivity index (χ1) is 19.1. The van der Waals surface area contributed by atoms with Crippen LogP contribution in [0, 0.1) is 5.82 Å². The van der Waals surface area contributed by atoms with Crippen LogP contribution in [0.4, 0.5) is 29.1 Å². The average Bonchev–Trinajstić information content (AvgIpc) is 3.38. The minimum atomic E-state index is -4.88. The van der Waals surface area contributed by atoms with E-state index in [1.165, 1.54) is 12.1 Å². The number of carbonyl (C=O) groups excluding carboxylic acids is 1. The van der Waals surface area contributed by atoms with Crippen molar-refractivity contribution in [1.82, 2.24) is 24.6 Å². The van der Waals surface area contributed by atoms with Crippen molar-refractivity contribution >= 4 is 17.4 Å². The van der Waals surface area contributed by atoms with Crippen LogP contribution in [0.15, 0.2) is 54.9 Å². The van der Waals surface area contributed by atoms with Gasteiger partial charge >= 0.3 is 12.1 Å². The maximum atomic E-state index is 13.2. The Morgan fingerprint density at radius 1 is 1.02 bits per heavy atom. The molecule has 0 unspecified atom stereocenters. The van der Waals surface area contributed by atoms with Gasteiger partial charge in [-0.3, -0.25) is 9.69 Å². The molecule has 2 saturated heterocycles. The zero-order chi connectivity index (χ0) is 28.4. The van der Waals surface area contributed by atoms with Crippen LogP contribution in [-0.2, 0) is 11.3 Å². The molecule has 2 aromatic heterocycles. The number of aromatic nitrogens is 3. The van der Waals surface area contributed by atoms with Crippen LogP contribution in [0.5, 0.6) is 0 Å². The van der Waals surface area contributed by atoms with Crippen molar-refractivity contribution in [1.29, 1.82) is 0 Å². The molecule has 1 aromatic carbocycles. The number of anilines is 2. The van der Waals surface area contributed by atoms with Crippen LogP contribution in [0.3, 0.4) is 0 Å². The van der Waals surface area contributed by atoms with E-state index >= 15 is 0 Å². The van der Waals surface area contributed by atoms with Gasteiger partial charge in [0.2, 0.25) is 0 Å². The van der Waals surface area contributed by atoms with Crippen LogP contribution in [0.25, 0.3) is 5.69 Å². The fraction of sp³-hybridized carbons (Fsp3) is 0.464. The van der Waals surface area contributed by atoms with Crippen molar-refractivity contribution < 1.29 is 22.4 Å². The van der Waals surface area contributed by atoms with Gasteiger partial charge in [-0.1, -0.05) is 0 Å². The number of rotatable bonds is 6. The number of hydrogen-bond donors (Lipinski definition) is 1. The highest BCUT2D eigenvalue weighted by atomic mass is 19.4. The number of alkyl halides is 3. The van der Waals surface area contributed by atoms with Crippen molar-refractivity contribution in [2.45, 2.75) is 57.5 Å². The summed E-state index contributed by atoms with van der Waals surface area (Å²) in [6, 6.07) is 11.3. The molecule has 2 fully saturated rings. The summed E-state index contributed by atoms with van der Waals surface area (Å²) in [5.74, 6) is -1.20. The maximum absolute atomic E-state index is 13.2. The molecule has 0 saturated carbocycles. The lowest BCUT2D eigenvalue weighted by molar-refractivity contribution is -0.192. The number of carbonyl (C=O) groups is 1. The molecule has 8 nitrogen and oxygen atoms in total. The van der Waals surface area contributed by atoms with Crippen molar-refractivity contribution in [2.75, 3.05) is 36.4 Å². The van der Waals surface area contributed by atoms with Gasteiger partial charge in [0.15, 0.2) is 5.82 Å². The van der Waals surface area contributed by atoms with E-state index < -0.39 is 24.2 Å². The van der Waals surface area contributed by atoms with Crippen LogP contribution in [0.1, 0.15) is 32.4 Å². The Kier molecular flexibility index (Phi) is 7.97. The molecule has 0 spiro atoms. The van der Waals surface area contributed by atoms with Gasteiger partial charge in [0.25, 0.3) is 0 Å². The summed E-state index contributed by atoms with van der Waals surface area (Å²) in [6.07, 6.45) is 0.554. The zero-order valence-electron chi connectivity index (χ0n) is 22.5. The Balaban J connectivity index is 1.21. The number of pyridine rings is 1. The molecule has 1 N–H and O–H groups in total. The number of benzene rings is 1. The second-order valence-corrected chi connectivity index (χ2v) is 10.6. The third-order valence-electron chi connectivity index (χ3n) is 7.52. The minimum Gasteiger partial charge on any atom is -0.382 e. The Labute approximate surface area is 230 Å². The second kappa shape index (κ2) is 11.4. The molecule has 12 heteroatoms. The predicted molar refractivity (Wildman–Crippen MR) is 144 cm³/mol. The normalized spacial score (nSPS) is 21.1. The van der Waals surface area contributed by atoms with Gasteiger partial charge in [0.05, 0.1) is 5.69 Å². The summed E-state index contributed by atoms with van der Waals surface area (Å²) in [5.41, 5.74) is 2.53. The first-order valence-corrected chi connectivity index (χ1v) is 13.5. The van der Waals surface area contributed by atoms with Gasteiger partial charge in [-0.15, -0.1) is 0 Å². The number of piperazine rings is 1. The monoisotopic (exact) mass is 559 g/mol. The van der Waals surface area contributed by atoms with Gasteiger partial charge < -0.3 is 15.1 Å². The maximum Gasteiger partial charge on any atom is 0.471 e. The van der Waals surface area contributed by atoms with Gasteiger partial charge in [0.1, 0.15) is 11.5 Å². The lowest BCUT2D eigenvalue weighted by atomic mass is 10.0. The molecular formula is C28H33F4N7O. The van der Waals surface area contributed by atoms with Crippen LogP contribution >= 0.6 is 0 Å². The van der Waals surface area contributed by atoms with Crippen molar-refractivity contribution in [2.24, 2.45) is 0 Å². The molecule has 1 amide bonds. The van der Waals surface area contributed by atoms with Crippen LogP contribution in [-0.4, -0.2) is 81.0 Å². The summed E-state index contributed by atoms with van der Waals surface area (Å²) in [5, 5.41) is 8.23. The summed E-state index contributed by atoms with van der Waals surface area (Å²) in [4.78, 5) is 21.7. The number of amides is 1. The zero-order valence-corrected chi connectivity index (χ0v) is 22.5. The molecule has 2 aliphatic rings. The fourth-order valence-electron chi connectivity index (χ4n) is 5.75.